The van der Waals surface area contributed by atoms with Crippen LogP contribution in [0.2, 0.25) is 0 Å². The number of hydrogen-bond donors (Lipinski definition) is 2. The summed E-state index contributed by atoms with van der Waals surface area (Å²) in [5, 5.41) is 4.45. The first kappa shape index (κ1) is 12.1. The molecule has 0 saturated carbocycles. The van der Waals surface area contributed by atoms with Gasteiger partial charge in [0, 0.05) is 5.38 Å². The minimum Gasteiger partial charge on any atom is -0.392 e. The molecule has 1 amide bonds. The van der Waals surface area contributed by atoms with E-state index < -0.39 is 0 Å². The first-order valence-corrected chi connectivity index (χ1v) is 5.98. The van der Waals surface area contributed by atoms with Gasteiger partial charge in [0.05, 0.1) is 16.5 Å². The van der Waals surface area contributed by atoms with Gasteiger partial charge in [0.1, 0.15) is 5.69 Å². The summed E-state index contributed by atoms with van der Waals surface area (Å²) in [5.41, 5.74) is 7.55. The molecule has 1 aromatic heterocycles. The topological polar surface area (TPSA) is 68.0 Å². The normalized spacial score (nSPS) is 12.1. The number of rotatable bonds is 5. The molecule has 1 rings (SSSR count). The monoisotopic (exact) mass is 243 g/mol. The third-order valence-electron chi connectivity index (χ3n) is 1.89. The van der Waals surface area contributed by atoms with E-state index in [1.165, 1.54) is 11.3 Å². The maximum absolute atomic E-state index is 11.6. The fraction of sp³-hybridized carbons (Fsp3) is 0.444. The number of thiazole rings is 1. The molecule has 1 atom stereocenters. The third-order valence-corrected chi connectivity index (χ3v) is 2.76. The van der Waals surface area contributed by atoms with Crippen molar-refractivity contribution in [2.75, 3.05) is 0 Å². The Kier molecular flexibility index (Phi) is 4.64. The van der Waals surface area contributed by atoms with Gasteiger partial charge < -0.3 is 11.1 Å². The van der Waals surface area contributed by atoms with E-state index in [0.29, 0.717) is 10.7 Å². The van der Waals surface area contributed by atoms with Gasteiger partial charge in [-0.05, 0) is 6.42 Å². The van der Waals surface area contributed by atoms with E-state index >= 15 is 0 Å². The lowest BCUT2D eigenvalue weighted by atomic mass is 10.1. The van der Waals surface area contributed by atoms with Crippen LogP contribution >= 0.6 is 23.6 Å². The van der Waals surface area contributed by atoms with Gasteiger partial charge in [-0.1, -0.05) is 25.6 Å². The highest BCUT2D eigenvalue weighted by Crippen LogP contribution is 2.03. The van der Waals surface area contributed by atoms with Gasteiger partial charge in [-0.25, -0.2) is 4.98 Å². The van der Waals surface area contributed by atoms with E-state index in [9.17, 15) is 4.79 Å². The SMILES string of the molecule is CCCC(NC(=O)c1cscn1)C(N)=S. The fourth-order valence-electron chi connectivity index (χ4n) is 1.13. The summed E-state index contributed by atoms with van der Waals surface area (Å²) < 4.78 is 0. The molecule has 6 heteroatoms. The summed E-state index contributed by atoms with van der Waals surface area (Å²) in [6, 6.07) is -0.237. The molecule has 0 bridgehead atoms. The Morgan fingerprint density at radius 3 is 3.00 bits per heavy atom. The van der Waals surface area contributed by atoms with E-state index in [4.69, 9.17) is 18.0 Å². The van der Waals surface area contributed by atoms with Crippen molar-refractivity contribution in [2.45, 2.75) is 25.8 Å². The molecular weight excluding hydrogens is 230 g/mol. The number of amides is 1. The fourth-order valence-corrected chi connectivity index (χ4v) is 1.84. The van der Waals surface area contributed by atoms with E-state index in [-0.39, 0.29) is 11.9 Å². The molecule has 1 unspecified atom stereocenters. The smallest absolute Gasteiger partial charge is 0.271 e. The predicted octanol–water partition coefficient (Wildman–Crippen LogP) is 1.33. The minimum absolute atomic E-state index is 0.220. The van der Waals surface area contributed by atoms with Crippen molar-refractivity contribution in [3.63, 3.8) is 0 Å². The zero-order chi connectivity index (χ0) is 11.3. The summed E-state index contributed by atoms with van der Waals surface area (Å²) in [4.78, 5) is 15.8. The molecule has 1 heterocycles. The molecular formula is C9H13N3OS2. The van der Waals surface area contributed by atoms with Crippen LogP contribution in [0, 0.1) is 0 Å². The number of carbonyl (C=O) groups is 1. The average Bonchev–Trinajstić information content (AvgIpc) is 2.69. The van der Waals surface area contributed by atoms with Gasteiger partial charge in [-0.2, -0.15) is 0 Å². The second-order valence-corrected chi connectivity index (χ2v) is 4.28. The maximum atomic E-state index is 11.6. The van der Waals surface area contributed by atoms with Crippen LogP contribution in [-0.4, -0.2) is 21.9 Å². The molecule has 0 aliphatic heterocycles. The number of hydrogen-bond acceptors (Lipinski definition) is 4. The Hall–Kier alpha value is -1.01. The number of aromatic nitrogens is 1. The third kappa shape index (κ3) is 3.56. The summed E-state index contributed by atoms with van der Waals surface area (Å²) in [5.74, 6) is -0.220. The van der Waals surface area contributed by atoms with Gasteiger partial charge in [0.2, 0.25) is 0 Å². The van der Waals surface area contributed by atoms with Crippen molar-refractivity contribution < 1.29 is 4.79 Å². The van der Waals surface area contributed by atoms with E-state index in [2.05, 4.69) is 10.3 Å². The largest absolute Gasteiger partial charge is 0.392 e. The van der Waals surface area contributed by atoms with Crippen molar-refractivity contribution in [3.8, 4) is 0 Å². The van der Waals surface area contributed by atoms with Gasteiger partial charge in [-0.3, -0.25) is 4.79 Å². The average molecular weight is 243 g/mol. The summed E-state index contributed by atoms with van der Waals surface area (Å²) in [6.45, 7) is 2.01. The number of nitrogens with zero attached hydrogens (tertiary/aromatic N) is 1. The molecule has 15 heavy (non-hydrogen) atoms. The quantitative estimate of drug-likeness (QED) is 0.766. The van der Waals surface area contributed by atoms with Crippen molar-refractivity contribution in [1.29, 1.82) is 0 Å². The number of thiocarbonyl (C=S) groups is 1. The van der Waals surface area contributed by atoms with Crippen LogP contribution in [0.1, 0.15) is 30.3 Å². The molecule has 1 aromatic rings. The van der Waals surface area contributed by atoms with Crippen LogP contribution in [0.15, 0.2) is 10.9 Å². The summed E-state index contributed by atoms with van der Waals surface area (Å²) >= 11 is 6.26. The van der Waals surface area contributed by atoms with Crippen LogP contribution in [0.5, 0.6) is 0 Å². The molecule has 0 aliphatic rings. The van der Waals surface area contributed by atoms with Gasteiger partial charge in [-0.15, -0.1) is 11.3 Å². The van der Waals surface area contributed by atoms with Crippen LogP contribution in [0.4, 0.5) is 0 Å². The number of nitrogens with two attached hydrogens (primary N) is 1. The van der Waals surface area contributed by atoms with Crippen molar-refractivity contribution in [1.82, 2.24) is 10.3 Å². The first-order valence-electron chi connectivity index (χ1n) is 4.63. The van der Waals surface area contributed by atoms with Gasteiger partial charge in [0.25, 0.3) is 5.91 Å². The van der Waals surface area contributed by atoms with Crippen LogP contribution in [-0.2, 0) is 0 Å². The lowest BCUT2D eigenvalue weighted by Gasteiger charge is -2.15. The van der Waals surface area contributed by atoms with Crippen LogP contribution in [0.25, 0.3) is 0 Å². The second-order valence-electron chi connectivity index (χ2n) is 3.09. The highest BCUT2D eigenvalue weighted by Gasteiger charge is 2.16. The molecule has 4 nitrogen and oxygen atoms in total. The molecule has 0 aromatic carbocycles. The Balaban J connectivity index is 2.59. The maximum Gasteiger partial charge on any atom is 0.271 e. The number of nitrogens with one attached hydrogen (secondary N) is 1. The van der Waals surface area contributed by atoms with Crippen LogP contribution < -0.4 is 11.1 Å². The Labute approximate surface area is 97.9 Å². The zero-order valence-corrected chi connectivity index (χ0v) is 10.0. The molecule has 0 aliphatic carbocycles. The Morgan fingerprint density at radius 2 is 2.53 bits per heavy atom. The Morgan fingerprint density at radius 1 is 1.80 bits per heavy atom. The minimum atomic E-state index is -0.237. The molecule has 0 saturated heterocycles. The van der Waals surface area contributed by atoms with Crippen molar-refractivity contribution in [3.05, 3.63) is 16.6 Å². The van der Waals surface area contributed by atoms with E-state index in [1.54, 1.807) is 10.9 Å². The standard InChI is InChI=1S/C9H13N3OS2/c1-2-3-6(8(10)14)12-9(13)7-4-15-5-11-7/h4-6H,2-3H2,1H3,(H2,10,14)(H,12,13). The molecule has 0 radical (unpaired) electrons. The molecule has 0 fully saturated rings. The molecule has 3 N–H and O–H groups in total. The Bertz CT molecular complexity index is 337. The highest BCUT2D eigenvalue weighted by atomic mass is 32.1. The second kappa shape index (κ2) is 5.77. The van der Waals surface area contributed by atoms with E-state index in [1.807, 2.05) is 6.92 Å². The van der Waals surface area contributed by atoms with E-state index in [0.717, 1.165) is 12.8 Å². The predicted molar refractivity (Wildman–Crippen MR) is 65.1 cm³/mol. The summed E-state index contributed by atoms with van der Waals surface area (Å²) in [7, 11) is 0. The number of carbonyl (C=O) groups excluding carboxylic acids is 1. The van der Waals surface area contributed by atoms with Gasteiger partial charge >= 0.3 is 0 Å². The molecule has 82 valence electrons. The summed E-state index contributed by atoms with van der Waals surface area (Å²) in [6.07, 6.45) is 1.67. The van der Waals surface area contributed by atoms with Crippen molar-refractivity contribution >= 4 is 34.5 Å². The highest BCUT2D eigenvalue weighted by molar-refractivity contribution is 7.80. The molecule has 0 spiro atoms. The zero-order valence-electron chi connectivity index (χ0n) is 8.40. The lowest BCUT2D eigenvalue weighted by molar-refractivity contribution is 0.0941. The van der Waals surface area contributed by atoms with Crippen molar-refractivity contribution in [2.24, 2.45) is 5.73 Å². The van der Waals surface area contributed by atoms with Gasteiger partial charge in [0.15, 0.2) is 0 Å². The lowest BCUT2D eigenvalue weighted by Crippen LogP contribution is -2.43. The van der Waals surface area contributed by atoms with Crippen LogP contribution in [0.3, 0.4) is 0 Å². The first-order chi connectivity index (χ1) is 7.15.